The van der Waals surface area contributed by atoms with E-state index >= 15 is 0 Å². The summed E-state index contributed by atoms with van der Waals surface area (Å²) in [6.07, 6.45) is 2.32. The number of benzene rings is 2. The number of methoxy groups -OCH3 is 1. The lowest BCUT2D eigenvalue weighted by molar-refractivity contribution is -0.133. The van der Waals surface area contributed by atoms with Gasteiger partial charge in [0.15, 0.2) is 11.5 Å². The summed E-state index contributed by atoms with van der Waals surface area (Å²) in [5, 5.41) is 10.7. The molecule has 0 aliphatic rings. The van der Waals surface area contributed by atoms with Crippen molar-refractivity contribution in [2.45, 2.75) is 27.2 Å². The highest BCUT2D eigenvalue weighted by Crippen LogP contribution is 2.41. The van der Waals surface area contributed by atoms with Gasteiger partial charge in [0.1, 0.15) is 0 Å². The number of rotatable bonds is 5. The zero-order valence-corrected chi connectivity index (χ0v) is 14.2. The van der Waals surface area contributed by atoms with E-state index in [1.54, 1.807) is 12.1 Å². The summed E-state index contributed by atoms with van der Waals surface area (Å²) < 4.78 is 10.8. The Balaban J connectivity index is 2.90. The molecule has 0 unspecified atom stereocenters. The highest BCUT2D eigenvalue weighted by atomic mass is 16.6. The molecule has 0 amide bonds. The molecule has 5 nitrogen and oxygen atoms in total. The fourth-order valence-corrected chi connectivity index (χ4v) is 2.62. The third-order valence-electron chi connectivity index (χ3n) is 3.76. The molecule has 5 heteroatoms. The molecule has 0 aromatic heterocycles. The van der Waals surface area contributed by atoms with Crippen molar-refractivity contribution < 1.29 is 24.2 Å². The highest BCUT2D eigenvalue weighted by molar-refractivity contribution is 6.02. The lowest BCUT2D eigenvalue weighted by atomic mass is 9.96. The van der Waals surface area contributed by atoms with Gasteiger partial charge in [-0.3, -0.25) is 4.79 Å². The van der Waals surface area contributed by atoms with Gasteiger partial charge in [-0.25, -0.2) is 4.79 Å². The Morgan fingerprint density at radius 3 is 2.50 bits per heavy atom. The standard InChI is InChI=1S/C19H20O5/c1-5-13-7-6-8-15-14(9-11(2)19(21)22)10-16(23-4)18(17(13)15)24-12(3)20/h6-10H,5H2,1-4H3,(H,21,22)/b11-9+. The first-order valence-electron chi connectivity index (χ1n) is 7.61. The largest absolute Gasteiger partial charge is 0.493 e. The molecule has 0 spiro atoms. The van der Waals surface area contributed by atoms with Crippen LogP contribution in [0, 0.1) is 0 Å². The number of carboxylic acid groups (broad SMARTS) is 1. The van der Waals surface area contributed by atoms with E-state index in [9.17, 15) is 9.59 Å². The SMILES string of the molecule is CCc1cccc2c(/C=C(\C)C(=O)O)cc(OC)c(OC(C)=O)c12. The van der Waals surface area contributed by atoms with E-state index in [1.807, 2.05) is 25.1 Å². The monoisotopic (exact) mass is 328 g/mol. The molecular formula is C19H20O5. The van der Waals surface area contributed by atoms with E-state index in [0.717, 1.165) is 22.8 Å². The molecule has 2 aromatic rings. The van der Waals surface area contributed by atoms with E-state index in [4.69, 9.17) is 14.6 Å². The smallest absolute Gasteiger partial charge is 0.331 e. The van der Waals surface area contributed by atoms with Gasteiger partial charge in [-0.1, -0.05) is 25.1 Å². The lowest BCUT2D eigenvalue weighted by Crippen LogP contribution is -2.05. The first-order valence-corrected chi connectivity index (χ1v) is 7.61. The molecule has 126 valence electrons. The zero-order chi connectivity index (χ0) is 17.9. The fourth-order valence-electron chi connectivity index (χ4n) is 2.62. The van der Waals surface area contributed by atoms with Gasteiger partial charge in [0, 0.05) is 17.9 Å². The minimum absolute atomic E-state index is 0.209. The number of carboxylic acids is 1. The Labute approximate surface area is 140 Å². The number of carbonyl (C=O) groups is 2. The van der Waals surface area contributed by atoms with Crippen molar-refractivity contribution in [3.63, 3.8) is 0 Å². The molecule has 0 aliphatic carbocycles. The van der Waals surface area contributed by atoms with Gasteiger partial charge in [0.2, 0.25) is 0 Å². The van der Waals surface area contributed by atoms with E-state index in [1.165, 1.54) is 21.0 Å². The molecule has 0 saturated carbocycles. The minimum atomic E-state index is -0.988. The molecule has 24 heavy (non-hydrogen) atoms. The Hall–Kier alpha value is -2.82. The average molecular weight is 328 g/mol. The Morgan fingerprint density at radius 1 is 1.25 bits per heavy atom. The Morgan fingerprint density at radius 2 is 1.96 bits per heavy atom. The Kier molecular flexibility index (Phi) is 5.24. The molecule has 0 saturated heterocycles. The molecule has 0 heterocycles. The highest BCUT2D eigenvalue weighted by Gasteiger charge is 2.18. The summed E-state index contributed by atoms with van der Waals surface area (Å²) >= 11 is 0. The van der Waals surface area contributed by atoms with Gasteiger partial charge < -0.3 is 14.6 Å². The summed E-state index contributed by atoms with van der Waals surface area (Å²) in [5.74, 6) is -0.672. The number of hydrogen-bond donors (Lipinski definition) is 1. The van der Waals surface area contributed by atoms with Crippen LogP contribution in [0.2, 0.25) is 0 Å². The van der Waals surface area contributed by atoms with E-state index in [2.05, 4.69) is 0 Å². The van der Waals surface area contributed by atoms with Crippen molar-refractivity contribution >= 4 is 28.8 Å². The van der Waals surface area contributed by atoms with Crippen molar-refractivity contribution in [1.82, 2.24) is 0 Å². The molecule has 2 aromatic carbocycles. The van der Waals surface area contributed by atoms with Crippen LogP contribution in [0.5, 0.6) is 11.5 Å². The predicted molar refractivity (Wildman–Crippen MR) is 92.5 cm³/mol. The summed E-state index contributed by atoms with van der Waals surface area (Å²) in [7, 11) is 1.49. The quantitative estimate of drug-likeness (QED) is 0.513. The maximum absolute atomic E-state index is 11.5. The first-order chi connectivity index (χ1) is 11.4. The molecule has 2 rings (SSSR count). The summed E-state index contributed by atoms with van der Waals surface area (Å²) in [5.41, 5.74) is 1.90. The number of aliphatic carboxylic acids is 1. The van der Waals surface area contributed by atoms with Gasteiger partial charge >= 0.3 is 11.9 Å². The van der Waals surface area contributed by atoms with Gasteiger partial charge in [-0.15, -0.1) is 0 Å². The number of hydrogen-bond acceptors (Lipinski definition) is 4. The second kappa shape index (κ2) is 7.17. The van der Waals surface area contributed by atoms with Gasteiger partial charge in [0.25, 0.3) is 0 Å². The lowest BCUT2D eigenvalue weighted by Gasteiger charge is -2.16. The van der Waals surface area contributed by atoms with E-state index in [-0.39, 0.29) is 5.57 Å². The van der Waals surface area contributed by atoms with Gasteiger partial charge in [-0.05, 0) is 42.0 Å². The van der Waals surface area contributed by atoms with Crippen molar-refractivity contribution in [1.29, 1.82) is 0 Å². The first kappa shape index (κ1) is 17.5. The maximum atomic E-state index is 11.5. The molecule has 0 radical (unpaired) electrons. The van der Waals surface area contributed by atoms with Crippen molar-refractivity contribution in [3.8, 4) is 11.5 Å². The van der Waals surface area contributed by atoms with E-state index < -0.39 is 11.9 Å². The Bertz CT molecular complexity index is 833. The van der Waals surface area contributed by atoms with Crippen molar-refractivity contribution in [3.05, 3.63) is 41.0 Å². The van der Waals surface area contributed by atoms with Crippen LogP contribution in [-0.4, -0.2) is 24.2 Å². The average Bonchev–Trinajstić information content (AvgIpc) is 2.55. The second-order valence-corrected chi connectivity index (χ2v) is 5.42. The number of esters is 1. The van der Waals surface area contributed by atoms with E-state index in [0.29, 0.717) is 17.1 Å². The molecule has 0 aliphatic heterocycles. The second-order valence-electron chi connectivity index (χ2n) is 5.42. The van der Waals surface area contributed by atoms with Gasteiger partial charge in [0.05, 0.1) is 7.11 Å². The van der Waals surface area contributed by atoms with Crippen LogP contribution in [0.4, 0.5) is 0 Å². The molecule has 0 bridgehead atoms. The summed E-state index contributed by atoms with van der Waals surface area (Å²) in [4.78, 5) is 22.7. The summed E-state index contributed by atoms with van der Waals surface area (Å²) in [6, 6.07) is 7.42. The van der Waals surface area contributed by atoms with Crippen LogP contribution in [-0.2, 0) is 16.0 Å². The van der Waals surface area contributed by atoms with Crippen molar-refractivity contribution in [2.24, 2.45) is 0 Å². The number of carbonyl (C=O) groups excluding carboxylic acids is 1. The maximum Gasteiger partial charge on any atom is 0.331 e. The number of aryl methyl sites for hydroxylation is 1. The predicted octanol–water partition coefficient (Wildman–Crippen LogP) is 3.82. The van der Waals surface area contributed by atoms with Crippen LogP contribution in [0.15, 0.2) is 29.8 Å². The zero-order valence-electron chi connectivity index (χ0n) is 14.2. The third kappa shape index (κ3) is 3.40. The van der Waals surface area contributed by atoms with Crippen LogP contribution in [0.3, 0.4) is 0 Å². The topological polar surface area (TPSA) is 72.8 Å². The number of ether oxygens (including phenoxy) is 2. The van der Waals surface area contributed by atoms with Crippen LogP contribution in [0.25, 0.3) is 16.8 Å². The number of fused-ring (bicyclic) bond motifs is 1. The normalized spacial score (nSPS) is 11.4. The van der Waals surface area contributed by atoms with Gasteiger partial charge in [-0.2, -0.15) is 0 Å². The third-order valence-corrected chi connectivity index (χ3v) is 3.76. The van der Waals surface area contributed by atoms with Crippen LogP contribution in [0.1, 0.15) is 31.9 Å². The summed E-state index contributed by atoms with van der Waals surface area (Å²) in [6.45, 7) is 4.87. The molecular weight excluding hydrogens is 308 g/mol. The van der Waals surface area contributed by atoms with Crippen LogP contribution < -0.4 is 9.47 Å². The van der Waals surface area contributed by atoms with Crippen LogP contribution >= 0.6 is 0 Å². The molecule has 1 N–H and O–H groups in total. The molecule has 0 atom stereocenters. The molecule has 0 fully saturated rings. The fraction of sp³-hybridized carbons (Fsp3) is 0.263. The minimum Gasteiger partial charge on any atom is -0.493 e. The van der Waals surface area contributed by atoms with Crippen molar-refractivity contribution in [2.75, 3.05) is 7.11 Å².